The van der Waals surface area contributed by atoms with E-state index in [9.17, 15) is 9.90 Å². The third-order valence-electron chi connectivity index (χ3n) is 1.39. The van der Waals surface area contributed by atoms with E-state index < -0.39 is 5.97 Å². The number of alkyl halides is 1. The molecule has 0 unspecified atom stereocenters. The number of aliphatic hydroxyl groups is 1. The van der Waals surface area contributed by atoms with Crippen LogP contribution in [0, 0.1) is 0 Å². The number of rotatable bonds is 6. The first-order chi connectivity index (χ1) is 6.20. The van der Waals surface area contributed by atoms with Crippen LogP contribution in [0.15, 0.2) is 11.8 Å². The fourth-order valence-electron chi connectivity index (χ4n) is 0.793. The average molecular weight is 207 g/mol. The fourth-order valence-corrected chi connectivity index (χ4v) is 0.982. The van der Waals surface area contributed by atoms with E-state index in [-0.39, 0.29) is 5.76 Å². The van der Waals surface area contributed by atoms with Crippen molar-refractivity contribution in [3.05, 3.63) is 11.8 Å². The van der Waals surface area contributed by atoms with E-state index in [1.807, 2.05) is 0 Å². The summed E-state index contributed by atoms with van der Waals surface area (Å²) in [4.78, 5) is 10.8. The van der Waals surface area contributed by atoms with Crippen molar-refractivity contribution < 1.29 is 14.6 Å². The number of esters is 1. The minimum atomic E-state index is -0.495. The van der Waals surface area contributed by atoms with E-state index in [2.05, 4.69) is 4.74 Å². The van der Waals surface area contributed by atoms with Crippen molar-refractivity contribution in [2.24, 2.45) is 0 Å². The Morgan fingerprint density at radius 1 is 1.54 bits per heavy atom. The zero-order valence-corrected chi connectivity index (χ0v) is 8.51. The van der Waals surface area contributed by atoms with Crippen molar-refractivity contribution in [3.63, 3.8) is 0 Å². The number of ether oxygens (including phenoxy) is 1. The second kappa shape index (κ2) is 7.92. The second-order valence-electron chi connectivity index (χ2n) is 2.53. The summed E-state index contributed by atoms with van der Waals surface area (Å²) >= 11 is 5.45. The topological polar surface area (TPSA) is 46.5 Å². The molecule has 0 aromatic carbocycles. The van der Waals surface area contributed by atoms with Crippen LogP contribution in [0.2, 0.25) is 0 Å². The molecule has 0 saturated carbocycles. The molecule has 0 bridgehead atoms. The summed E-state index contributed by atoms with van der Waals surface area (Å²) in [7, 11) is 0. The number of hydrogen-bond donors (Lipinski definition) is 1. The molecule has 0 saturated heterocycles. The van der Waals surface area contributed by atoms with Gasteiger partial charge in [0, 0.05) is 12.3 Å². The molecule has 0 atom stereocenters. The standard InChI is InChI=1S/C9H15ClO3/c1-2-13-9(12)7-8(11)5-3-4-6-10/h7,11H,2-6H2,1H3. The van der Waals surface area contributed by atoms with Gasteiger partial charge in [-0.1, -0.05) is 0 Å². The average Bonchev–Trinajstić information content (AvgIpc) is 2.05. The minimum absolute atomic E-state index is 0.0589. The highest BCUT2D eigenvalue weighted by Gasteiger charge is 1.99. The normalized spacial score (nSPS) is 11.4. The van der Waals surface area contributed by atoms with Crippen LogP contribution in [0.1, 0.15) is 26.2 Å². The minimum Gasteiger partial charge on any atom is -0.512 e. The number of carbonyl (C=O) groups excluding carboxylic acids is 1. The number of allylic oxidation sites excluding steroid dienone is 1. The Kier molecular flexibility index (Phi) is 7.50. The lowest BCUT2D eigenvalue weighted by molar-refractivity contribution is -0.137. The van der Waals surface area contributed by atoms with Gasteiger partial charge in [-0.2, -0.15) is 0 Å². The van der Waals surface area contributed by atoms with Gasteiger partial charge in [0.1, 0.15) is 0 Å². The van der Waals surface area contributed by atoms with Gasteiger partial charge >= 0.3 is 5.97 Å². The van der Waals surface area contributed by atoms with Gasteiger partial charge in [-0.15, -0.1) is 11.6 Å². The van der Waals surface area contributed by atoms with Crippen molar-refractivity contribution in [2.75, 3.05) is 12.5 Å². The Bertz CT molecular complexity index is 178. The molecule has 0 aliphatic rings. The molecule has 0 spiro atoms. The van der Waals surface area contributed by atoms with E-state index in [1.54, 1.807) is 6.92 Å². The van der Waals surface area contributed by atoms with Crippen LogP contribution in [0.5, 0.6) is 0 Å². The third-order valence-corrected chi connectivity index (χ3v) is 1.65. The maximum atomic E-state index is 10.8. The van der Waals surface area contributed by atoms with Crippen LogP contribution in [-0.2, 0) is 9.53 Å². The van der Waals surface area contributed by atoms with Crippen molar-refractivity contribution in [3.8, 4) is 0 Å². The van der Waals surface area contributed by atoms with Gasteiger partial charge in [-0.3, -0.25) is 0 Å². The Morgan fingerprint density at radius 3 is 2.77 bits per heavy atom. The summed E-state index contributed by atoms with van der Waals surface area (Å²) in [5.74, 6) is 0.140. The lowest BCUT2D eigenvalue weighted by Gasteiger charge is -1.99. The predicted octanol–water partition coefficient (Wildman–Crippen LogP) is 2.40. The first kappa shape index (κ1) is 12.3. The van der Waals surface area contributed by atoms with Crippen molar-refractivity contribution in [1.29, 1.82) is 0 Å². The van der Waals surface area contributed by atoms with Gasteiger partial charge in [-0.05, 0) is 19.8 Å². The molecule has 0 rings (SSSR count). The lowest BCUT2D eigenvalue weighted by Crippen LogP contribution is -2.01. The first-order valence-electron chi connectivity index (χ1n) is 4.33. The van der Waals surface area contributed by atoms with Gasteiger partial charge in [0.05, 0.1) is 18.4 Å². The van der Waals surface area contributed by atoms with Gasteiger partial charge in [0.15, 0.2) is 0 Å². The van der Waals surface area contributed by atoms with Crippen LogP contribution in [-0.4, -0.2) is 23.6 Å². The van der Waals surface area contributed by atoms with Crippen LogP contribution in [0.25, 0.3) is 0 Å². The van der Waals surface area contributed by atoms with Crippen LogP contribution in [0.4, 0.5) is 0 Å². The highest BCUT2D eigenvalue weighted by molar-refractivity contribution is 6.17. The smallest absolute Gasteiger partial charge is 0.334 e. The molecule has 0 amide bonds. The molecule has 0 aromatic heterocycles. The molecule has 76 valence electrons. The number of halogens is 1. The second-order valence-corrected chi connectivity index (χ2v) is 2.91. The molecule has 3 nitrogen and oxygen atoms in total. The van der Waals surface area contributed by atoms with E-state index in [4.69, 9.17) is 11.6 Å². The van der Waals surface area contributed by atoms with E-state index in [1.165, 1.54) is 0 Å². The molecule has 0 aliphatic carbocycles. The van der Waals surface area contributed by atoms with E-state index in [0.717, 1.165) is 18.9 Å². The molecule has 1 N–H and O–H groups in total. The molecular formula is C9H15ClO3. The zero-order valence-electron chi connectivity index (χ0n) is 7.75. The molecule has 13 heavy (non-hydrogen) atoms. The van der Waals surface area contributed by atoms with Crippen LogP contribution >= 0.6 is 11.6 Å². The van der Waals surface area contributed by atoms with E-state index in [0.29, 0.717) is 18.9 Å². The highest BCUT2D eigenvalue weighted by Crippen LogP contribution is 2.05. The molecule has 0 aromatic rings. The molecular weight excluding hydrogens is 192 g/mol. The number of hydrogen-bond acceptors (Lipinski definition) is 3. The quantitative estimate of drug-likeness (QED) is 0.239. The van der Waals surface area contributed by atoms with Gasteiger partial charge in [0.2, 0.25) is 0 Å². The summed E-state index contributed by atoms with van der Waals surface area (Å²) in [6.45, 7) is 2.04. The molecule has 0 aliphatic heterocycles. The first-order valence-corrected chi connectivity index (χ1v) is 4.86. The molecule has 0 fully saturated rings. The Hall–Kier alpha value is -0.700. The van der Waals surface area contributed by atoms with Crippen LogP contribution in [0.3, 0.4) is 0 Å². The summed E-state index contributed by atoms with van der Waals surface area (Å²) in [5.41, 5.74) is 0. The van der Waals surface area contributed by atoms with Gasteiger partial charge in [0.25, 0.3) is 0 Å². The summed E-state index contributed by atoms with van der Waals surface area (Å²) in [6, 6.07) is 0. The fraction of sp³-hybridized carbons (Fsp3) is 0.667. The monoisotopic (exact) mass is 206 g/mol. The Balaban J connectivity index is 3.67. The van der Waals surface area contributed by atoms with Crippen molar-refractivity contribution in [1.82, 2.24) is 0 Å². The zero-order chi connectivity index (χ0) is 10.1. The van der Waals surface area contributed by atoms with Crippen molar-refractivity contribution >= 4 is 17.6 Å². The predicted molar refractivity (Wildman–Crippen MR) is 51.9 cm³/mol. The van der Waals surface area contributed by atoms with Gasteiger partial charge < -0.3 is 9.84 Å². The van der Waals surface area contributed by atoms with Gasteiger partial charge in [-0.25, -0.2) is 4.79 Å². The van der Waals surface area contributed by atoms with Crippen LogP contribution < -0.4 is 0 Å². The molecule has 4 heteroatoms. The largest absolute Gasteiger partial charge is 0.512 e. The maximum Gasteiger partial charge on any atom is 0.334 e. The Morgan fingerprint density at radius 2 is 2.23 bits per heavy atom. The number of unbranched alkanes of at least 4 members (excludes halogenated alkanes) is 1. The van der Waals surface area contributed by atoms with E-state index >= 15 is 0 Å². The lowest BCUT2D eigenvalue weighted by atomic mass is 10.2. The highest BCUT2D eigenvalue weighted by atomic mass is 35.5. The number of carbonyl (C=O) groups is 1. The molecule has 0 heterocycles. The number of aliphatic hydroxyl groups excluding tert-OH is 1. The summed E-state index contributed by atoms with van der Waals surface area (Å²) < 4.78 is 4.62. The Labute approximate surface area is 83.3 Å². The third kappa shape index (κ3) is 7.65. The molecule has 0 radical (unpaired) electrons. The maximum absolute atomic E-state index is 10.8. The van der Waals surface area contributed by atoms with Crippen molar-refractivity contribution in [2.45, 2.75) is 26.2 Å². The summed E-state index contributed by atoms with van der Waals surface area (Å²) in [5, 5.41) is 9.19. The SMILES string of the molecule is CCOC(=O)C=C(O)CCCCCl. The summed E-state index contributed by atoms with van der Waals surface area (Å²) in [6.07, 6.45) is 3.21.